The number of rotatable bonds is 4. The van der Waals surface area contributed by atoms with E-state index in [9.17, 15) is 0 Å². The molecular weight excluding hydrogens is 212 g/mol. The third-order valence-electron chi connectivity index (χ3n) is 3.50. The van der Waals surface area contributed by atoms with Crippen molar-refractivity contribution < 1.29 is 4.74 Å². The molecule has 0 radical (unpaired) electrons. The molecule has 0 bridgehead atoms. The Morgan fingerprint density at radius 3 is 2.94 bits per heavy atom. The molecule has 2 atom stereocenters. The molecule has 1 heterocycles. The maximum Gasteiger partial charge on any atom is 0.144 e. The van der Waals surface area contributed by atoms with E-state index in [-0.39, 0.29) is 0 Å². The largest absolute Gasteiger partial charge is 0.492 e. The highest BCUT2D eigenvalue weighted by Crippen LogP contribution is 2.36. The van der Waals surface area contributed by atoms with Gasteiger partial charge in [-0.15, -0.1) is 0 Å². The Balaban J connectivity index is 2.19. The van der Waals surface area contributed by atoms with Gasteiger partial charge in [0.25, 0.3) is 0 Å². The standard InChI is InChI=1S/C14H22N2O/c1-4-10(3)12-9-15-14-11(16-12)7-6-8-13(14)17-5-2/h6-8,10,12,15-16H,4-5,9H2,1-3H3. The summed E-state index contributed by atoms with van der Waals surface area (Å²) in [4.78, 5) is 0. The van der Waals surface area contributed by atoms with E-state index < -0.39 is 0 Å². The van der Waals surface area contributed by atoms with Gasteiger partial charge in [0.1, 0.15) is 11.4 Å². The molecule has 94 valence electrons. The van der Waals surface area contributed by atoms with E-state index in [4.69, 9.17) is 4.74 Å². The molecule has 0 saturated heterocycles. The van der Waals surface area contributed by atoms with Crippen LogP contribution in [0.1, 0.15) is 27.2 Å². The second-order valence-corrected chi connectivity index (χ2v) is 4.63. The molecule has 1 aromatic rings. The van der Waals surface area contributed by atoms with E-state index >= 15 is 0 Å². The van der Waals surface area contributed by atoms with Gasteiger partial charge >= 0.3 is 0 Å². The third-order valence-corrected chi connectivity index (χ3v) is 3.50. The summed E-state index contributed by atoms with van der Waals surface area (Å²) in [7, 11) is 0. The first kappa shape index (κ1) is 12.1. The van der Waals surface area contributed by atoms with Crippen LogP contribution in [0.5, 0.6) is 5.75 Å². The van der Waals surface area contributed by atoms with Crippen molar-refractivity contribution >= 4 is 11.4 Å². The van der Waals surface area contributed by atoms with Crippen LogP contribution in [0, 0.1) is 5.92 Å². The van der Waals surface area contributed by atoms with Crippen LogP contribution in [0.15, 0.2) is 18.2 Å². The summed E-state index contributed by atoms with van der Waals surface area (Å²) in [5, 5.41) is 7.10. The van der Waals surface area contributed by atoms with E-state index in [1.165, 1.54) is 6.42 Å². The molecule has 0 aromatic heterocycles. The Bertz CT molecular complexity index is 378. The molecule has 3 nitrogen and oxygen atoms in total. The summed E-state index contributed by atoms with van der Waals surface area (Å²) >= 11 is 0. The van der Waals surface area contributed by atoms with Gasteiger partial charge in [-0.05, 0) is 25.0 Å². The molecule has 0 amide bonds. The van der Waals surface area contributed by atoms with Crippen LogP contribution < -0.4 is 15.4 Å². The van der Waals surface area contributed by atoms with E-state index in [2.05, 4.69) is 30.5 Å². The van der Waals surface area contributed by atoms with Crippen molar-refractivity contribution in [2.75, 3.05) is 23.8 Å². The lowest BCUT2D eigenvalue weighted by atomic mass is 9.97. The Morgan fingerprint density at radius 2 is 2.24 bits per heavy atom. The fraction of sp³-hybridized carbons (Fsp3) is 0.571. The highest BCUT2D eigenvalue weighted by Gasteiger charge is 2.23. The van der Waals surface area contributed by atoms with Gasteiger partial charge in [-0.3, -0.25) is 0 Å². The topological polar surface area (TPSA) is 33.3 Å². The Kier molecular flexibility index (Phi) is 3.77. The molecule has 1 aliphatic rings. The zero-order chi connectivity index (χ0) is 12.3. The average molecular weight is 234 g/mol. The highest BCUT2D eigenvalue weighted by atomic mass is 16.5. The summed E-state index contributed by atoms with van der Waals surface area (Å²) in [5.41, 5.74) is 2.27. The second-order valence-electron chi connectivity index (χ2n) is 4.63. The Labute approximate surface area is 104 Å². The van der Waals surface area contributed by atoms with Crippen LogP contribution in [0.25, 0.3) is 0 Å². The van der Waals surface area contributed by atoms with E-state index in [0.717, 1.165) is 23.7 Å². The fourth-order valence-corrected chi connectivity index (χ4v) is 2.20. The minimum atomic E-state index is 0.504. The predicted octanol–water partition coefficient (Wildman–Crippen LogP) is 3.34. The number of anilines is 2. The maximum absolute atomic E-state index is 5.62. The quantitative estimate of drug-likeness (QED) is 0.838. The Hall–Kier alpha value is -1.38. The number of hydrogen-bond acceptors (Lipinski definition) is 3. The van der Waals surface area contributed by atoms with Crippen LogP contribution in [0.4, 0.5) is 11.4 Å². The van der Waals surface area contributed by atoms with Gasteiger partial charge in [-0.2, -0.15) is 0 Å². The lowest BCUT2D eigenvalue weighted by Crippen LogP contribution is -2.38. The monoisotopic (exact) mass is 234 g/mol. The number of ether oxygens (including phenoxy) is 1. The molecular formula is C14H22N2O. The number of benzene rings is 1. The molecule has 17 heavy (non-hydrogen) atoms. The van der Waals surface area contributed by atoms with Crippen LogP contribution >= 0.6 is 0 Å². The molecule has 1 aliphatic heterocycles. The van der Waals surface area contributed by atoms with Gasteiger partial charge in [0.2, 0.25) is 0 Å². The van der Waals surface area contributed by atoms with Crippen LogP contribution in [0.3, 0.4) is 0 Å². The van der Waals surface area contributed by atoms with Crippen LogP contribution in [0.2, 0.25) is 0 Å². The van der Waals surface area contributed by atoms with Crippen molar-refractivity contribution in [3.05, 3.63) is 18.2 Å². The fourth-order valence-electron chi connectivity index (χ4n) is 2.20. The van der Waals surface area contributed by atoms with Crippen molar-refractivity contribution in [2.24, 2.45) is 5.92 Å². The third kappa shape index (κ3) is 2.48. The molecule has 0 spiro atoms. The van der Waals surface area contributed by atoms with E-state index in [1.807, 2.05) is 19.1 Å². The van der Waals surface area contributed by atoms with Gasteiger partial charge in [0.05, 0.1) is 12.3 Å². The first-order chi connectivity index (χ1) is 8.26. The molecule has 1 aromatic carbocycles. The minimum absolute atomic E-state index is 0.504. The summed E-state index contributed by atoms with van der Waals surface area (Å²) in [6, 6.07) is 6.67. The number of hydrogen-bond donors (Lipinski definition) is 2. The van der Waals surface area contributed by atoms with Crippen molar-refractivity contribution in [3.8, 4) is 5.75 Å². The van der Waals surface area contributed by atoms with Crippen molar-refractivity contribution in [1.29, 1.82) is 0 Å². The van der Waals surface area contributed by atoms with Crippen molar-refractivity contribution in [2.45, 2.75) is 33.2 Å². The van der Waals surface area contributed by atoms with Gasteiger partial charge in [0.15, 0.2) is 0 Å². The van der Waals surface area contributed by atoms with E-state index in [0.29, 0.717) is 18.6 Å². The first-order valence-electron chi connectivity index (χ1n) is 6.52. The second kappa shape index (κ2) is 5.30. The molecule has 2 N–H and O–H groups in total. The lowest BCUT2D eigenvalue weighted by Gasteiger charge is -2.32. The molecule has 0 fully saturated rings. The van der Waals surface area contributed by atoms with Crippen molar-refractivity contribution in [1.82, 2.24) is 0 Å². The van der Waals surface area contributed by atoms with Gasteiger partial charge in [0, 0.05) is 12.6 Å². The smallest absolute Gasteiger partial charge is 0.144 e. The first-order valence-corrected chi connectivity index (χ1v) is 6.52. The molecule has 2 unspecified atom stereocenters. The number of nitrogens with one attached hydrogen (secondary N) is 2. The summed E-state index contributed by atoms with van der Waals surface area (Å²) in [6.07, 6.45) is 1.19. The summed E-state index contributed by atoms with van der Waals surface area (Å²) in [5.74, 6) is 1.62. The van der Waals surface area contributed by atoms with Crippen LogP contribution in [-0.4, -0.2) is 19.2 Å². The predicted molar refractivity (Wildman–Crippen MR) is 73.0 cm³/mol. The number of fused-ring (bicyclic) bond motifs is 1. The van der Waals surface area contributed by atoms with Gasteiger partial charge < -0.3 is 15.4 Å². The SMILES string of the molecule is CCOc1cccc2c1NCC(C(C)CC)N2. The number of para-hydroxylation sites is 1. The van der Waals surface area contributed by atoms with Gasteiger partial charge in [-0.25, -0.2) is 0 Å². The Morgan fingerprint density at radius 1 is 1.41 bits per heavy atom. The summed E-state index contributed by atoms with van der Waals surface area (Å²) in [6.45, 7) is 8.20. The summed E-state index contributed by atoms with van der Waals surface area (Å²) < 4.78 is 5.62. The molecule has 0 saturated carbocycles. The van der Waals surface area contributed by atoms with E-state index in [1.54, 1.807) is 0 Å². The molecule has 3 heteroatoms. The molecule has 2 rings (SSSR count). The van der Waals surface area contributed by atoms with Gasteiger partial charge in [-0.1, -0.05) is 26.3 Å². The zero-order valence-corrected chi connectivity index (χ0v) is 10.9. The van der Waals surface area contributed by atoms with Crippen LogP contribution in [-0.2, 0) is 0 Å². The highest BCUT2D eigenvalue weighted by molar-refractivity contribution is 5.77. The zero-order valence-electron chi connectivity index (χ0n) is 10.9. The normalized spacial score (nSPS) is 19.8. The maximum atomic E-state index is 5.62. The van der Waals surface area contributed by atoms with Crippen molar-refractivity contribution in [3.63, 3.8) is 0 Å². The average Bonchev–Trinajstić information content (AvgIpc) is 2.38. The lowest BCUT2D eigenvalue weighted by molar-refractivity contribution is 0.341. The molecule has 0 aliphatic carbocycles. The minimum Gasteiger partial charge on any atom is -0.492 e.